The fourth-order valence-corrected chi connectivity index (χ4v) is 5.02. The van der Waals surface area contributed by atoms with E-state index in [4.69, 9.17) is 5.41 Å². The van der Waals surface area contributed by atoms with Gasteiger partial charge in [-0.15, -0.1) is 0 Å². The Morgan fingerprint density at radius 3 is 2.81 bits per heavy atom. The van der Waals surface area contributed by atoms with Crippen LogP contribution in [0, 0.1) is 5.41 Å². The van der Waals surface area contributed by atoms with Crippen molar-refractivity contribution in [2.75, 3.05) is 18.4 Å². The average Bonchev–Trinajstić information content (AvgIpc) is 3.13. The average molecular weight is 561 g/mol. The molecule has 3 atom stereocenters. The van der Waals surface area contributed by atoms with Crippen LogP contribution >= 0.6 is 22.6 Å². The Balaban J connectivity index is 1.64. The number of aromatic nitrogens is 1. The summed E-state index contributed by atoms with van der Waals surface area (Å²) < 4.78 is 27.4. The number of likely N-dealkylation sites (tertiary alicyclic amines) is 1. The number of pyridine rings is 1. The number of hydrogen-bond donors (Lipinski definition) is 3. The summed E-state index contributed by atoms with van der Waals surface area (Å²) in [4.78, 5) is 42.7. The van der Waals surface area contributed by atoms with Gasteiger partial charge in [0.1, 0.15) is 11.8 Å². The summed E-state index contributed by atoms with van der Waals surface area (Å²) in [6.45, 7) is 1.51. The number of carbonyl (C=O) groups is 3. The van der Waals surface area contributed by atoms with Crippen LogP contribution in [0.2, 0.25) is 0 Å². The largest absolute Gasteiger partial charge is 0.374 e. The highest BCUT2D eigenvalue weighted by Gasteiger charge is 2.41. The molecule has 0 radical (unpaired) electrons. The molecule has 1 aromatic rings. The molecule has 0 spiro atoms. The number of nitrogens with zero attached hydrogens (tertiary/aromatic N) is 2. The van der Waals surface area contributed by atoms with Gasteiger partial charge in [-0.05, 0) is 25.3 Å². The van der Waals surface area contributed by atoms with Crippen molar-refractivity contribution < 1.29 is 23.2 Å². The number of alkyl halides is 3. The summed E-state index contributed by atoms with van der Waals surface area (Å²) in [5.41, 5.74) is 0.509. The van der Waals surface area contributed by atoms with Gasteiger partial charge in [-0.25, -0.2) is 8.78 Å². The standard InChI is InChI=1S/C21H26F2IN5O3/c1-12(30)19(25)15-4-6-26-9-16(15)27-10-18(31)29-11-13(24)7-17(29)20(32)28-14-3-2-5-21(22,23)8-14/h4,6,9,13-14,17,25,27H,2-3,5,7-8,10-11H2,1H3,(H,28,32)/t13?,14?,17-/m0/s1. The Bertz CT molecular complexity index is 913. The molecule has 1 aliphatic carbocycles. The molecule has 3 N–H and O–H groups in total. The molecule has 2 amide bonds. The van der Waals surface area contributed by atoms with Gasteiger partial charge in [0.2, 0.25) is 17.7 Å². The molecule has 174 valence electrons. The predicted molar refractivity (Wildman–Crippen MR) is 124 cm³/mol. The second-order valence-corrected chi connectivity index (χ2v) is 10.0. The molecule has 11 heteroatoms. The highest BCUT2D eigenvalue weighted by atomic mass is 127. The fraction of sp³-hybridized carbons (Fsp3) is 0.571. The monoisotopic (exact) mass is 561 g/mol. The summed E-state index contributed by atoms with van der Waals surface area (Å²) >= 11 is 2.18. The quantitative estimate of drug-likeness (QED) is 0.269. The van der Waals surface area contributed by atoms with Crippen LogP contribution in [0.4, 0.5) is 14.5 Å². The maximum Gasteiger partial charge on any atom is 0.250 e. The summed E-state index contributed by atoms with van der Waals surface area (Å²) in [6, 6.07) is 0.208. The van der Waals surface area contributed by atoms with E-state index >= 15 is 0 Å². The number of halogens is 3. The van der Waals surface area contributed by atoms with Crippen LogP contribution in [0.1, 0.15) is 44.6 Å². The Hall–Kier alpha value is -2.18. The summed E-state index contributed by atoms with van der Waals surface area (Å²) in [5, 5.41) is 13.6. The SMILES string of the molecule is CC(=O)C(=N)c1ccncc1NCC(=O)N1CC(I)C[C@H]1C(=O)NC1CCCC(F)(F)C1. The number of amides is 2. The van der Waals surface area contributed by atoms with Crippen LogP contribution in [-0.4, -0.2) is 68.2 Å². The molecule has 1 aromatic heterocycles. The third-order valence-corrected chi connectivity index (χ3v) is 6.63. The minimum Gasteiger partial charge on any atom is -0.374 e. The van der Waals surface area contributed by atoms with E-state index < -0.39 is 29.7 Å². The van der Waals surface area contributed by atoms with Gasteiger partial charge in [0, 0.05) is 48.0 Å². The van der Waals surface area contributed by atoms with E-state index in [1.807, 2.05) is 0 Å². The first-order valence-electron chi connectivity index (χ1n) is 10.5. The highest BCUT2D eigenvalue weighted by molar-refractivity contribution is 14.1. The van der Waals surface area contributed by atoms with Gasteiger partial charge in [-0.2, -0.15) is 0 Å². The number of nitrogens with one attached hydrogen (secondary N) is 3. The number of Topliss-reactive ketones (excluding diaryl/α,β-unsaturated/α-hetero) is 1. The minimum atomic E-state index is -2.77. The van der Waals surface area contributed by atoms with Crippen molar-refractivity contribution in [1.29, 1.82) is 5.41 Å². The molecule has 1 saturated heterocycles. The van der Waals surface area contributed by atoms with Crippen LogP contribution < -0.4 is 10.6 Å². The van der Waals surface area contributed by atoms with Crippen molar-refractivity contribution in [3.63, 3.8) is 0 Å². The van der Waals surface area contributed by atoms with Gasteiger partial charge in [0.15, 0.2) is 5.78 Å². The molecule has 0 bridgehead atoms. The van der Waals surface area contributed by atoms with Crippen LogP contribution in [0.3, 0.4) is 0 Å². The third-order valence-electron chi connectivity index (χ3n) is 5.73. The van der Waals surface area contributed by atoms with E-state index in [0.717, 1.165) is 0 Å². The minimum absolute atomic E-state index is 0.0694. The van der Waals surface area contributed by atoms with Crippen molar-refractivity contribution in [3.05, 3.63) is 24.0 Å². The molecule has 8 nitrogen and oxygen atoms in total. The van der Waals surface area contributed by atoms with Crippen molar-refractivity contribution in [3.8, 4) is 0 Å². The molecular weight excluding hydrogens is 535 g/mol. The van der Waals surface area contributed by atoms with Crippen LogP contribution in [0.25, 0.3) is 0 Å². The highest BCUT2D eigenvalue weighted by Crippen LogP contribution is 2.33. The molecule has 2 unspecified atom stereocenters. The van der Waals surface area contributed by atoms with Crippen LogP contribution in [-0.2, 0) is 14.4 Å². The van der Waals surface area contributed by atoms with Crippen molar-refractivity contribution >= 4 is 51.6 Å². The maximum atomic E-state index is 13.7. The summed E-state index contributed by atoms with van der Waals surface area (Å²) in [5.74, 6) is -3.92. The summed E-state index contributed by atoms with van der Waals surface area (Å²) in [6.07, 6.45) is 3.66. The zero-order valence-corrected chi connectivity index (χ0v) is 19.8. The molecule has 2 fully saturated rings. The second kappa shape index (κ2) is 10.2. The van der Waals surface area contributed by atoms with Gasteiger partial charge in [-0.3, -0.25) is 24.8 Å². The first kappa shape index (κ1) is 24.5. The molecule has 1 aliphatic heterocycles. The number of rotatable bonds is 7. The fourth-order valence-electron chi connectivity index (χ4n) is 4.12. The van der Waals surface area contributed by atoms with E-state index in [-0.39, 0.29) is 34.9 Å². The first-order valence-corrected chi connectivity index (χ1v) is 11.7. The van der Waals surface area contributed by atoms with E-state index in [1.165, 1.54) is 30.3 Å². The van der Waals surface area contributed by atoms with E-state index in [2.05, 4.69) is 38.2 Å². The third kappa shape index (κ3) is 5.99. The molecule has 1 saturated carbocycles. The molecule has 3 rings (SSSR count). The predicted octanol–water partition coefficient (Wildman–Crippen LogP) is 2.55. The number of carbonyl (C=O) groups excluding carboxylic acids is 3. The lowest BCUT2D eigenvalue weighted by Crippen LogP contribution is -2.51. The molecule has 2 aliphatic rings. The molecule has 2 heterocycles. The lowest BCUT2D eigenvalue weighted by Gasteiger charge is -2.31. The van der Waals surface area contributed by atoms with Gasteiger partial charge in [0.05, 0.1) is 18.4 Å². The van der Waals surface area contributed by atoms with Gasteiger partial charge >= 0.3 is 0 Å². The van der Waals surface area contributed by atoms with Crippen LogP contribution in [0.5, 0.6) is 0 Å². The van der Waals surface area contributed by atoms with Gasteiger partial charge in [0.25, 0.3) is 0 Å². The van der Waals surface area contributed by atoms with E-state index in [9.17, 15) is 23.2 Å². The second-order valence-electron chi connectivity index (χ2n) is 8.26. The zero-order valence-electron chi connectivity index (χ0n) is 17.7. The van der Waals surface area contributed by atoms with Crippen molar-refractivity contribution in [1.82, 2.24) is 15.2 Å². The zero-order chi connectivity index (χ0) is 23.5. The van der Waals surface area contributed by atoms with E-state index in [0.29, 0.717) is 37.1 Å². The van der Waals surface area contributed by atoms with Crippen molar-refractivity contribution in [2.24, 2.45) is 0 Å². The molecule has 0 aromatic carbocycles. The molecule has 32 heavy (non-hydrogen) atoms. The number of hydrogen-bond acceptors (Lipinski definition) is 6. The Morgan fingerprint density at radius 1 is 1.38 bits per heavy atom. The topological polar surface area (TPSA) is 115 Å². The Labute approximate surface area is 198 Å². The first-order chi connectivity index (χ1) is 15.1. The van der Waals surface area contributed by atoms with E-state index in [1.54, 1.807) is 0 Å². The smallest absolute Gasteiger partial charge is 0.250 e. The lowest BCUT2D eigenvalue weighted by atomic mass is 9.92. The Morgan fingerprint density at radius 2 is 2.12 bits per heavy atom. The van der Waals surface area contributed by atoms with Gasteiger partial charge < -0.3 is 15.5 Å². The number of ketones is 1. The lowest BCUT2D eigenvalue weighted by molar-refractivity contribution is -0.138. The Kier molecular flexibility index (Phi) is 7.78. The number of anilines is 1. The summed E-state index contributed by atoms with van der Waals surface area (Å²) in [7, 11) is 0. The normalized spacial score (nSPS) is 24.6. The maximum absolute atomic E-state index is 13.7. The van der Waals surface area contributed by atoms with Gasteiger partial charge in [-0.1, -0.05) is 22.6 Å². The van der Waals surface area contributed by atoms with Crippen LogP contribution in [0.15, 0.2) is 18.5 Å². The molecular formula is C21H26F2IN5O3. The van der Waals surface area contributed by atoms with Crippen molar-refractivity contribution in [2.45, 2.75) is 61.0 Å².